The molecule has 94 valence electrons. The molecular formula is C14H17N3O. The zero-order valence-corrected chi connectivity index (χ0v) is 10.7. The van der Waals surface area contributed by atoms with Crippen LogP contribution in [0.25, 0.3) is 0 Å². The Hall–Kier alpha value is -1.94. The number of aryl methyl sites for hydroxylation is 1. The van der Waals surface area contributed by atoms with E-state index >= 15 is 0 Å². The molecule has 0 bridgehead atoms. The maximum Gasteiger partial charge on any atom is 0.133 e. The third kappa shape index (κ3) is 2.65. The third-order valence-corrected chi connectivity index (χ3v) is 2.89. The summed E-state index contributed by atoms with van der Waals surface area (Å²) in [6.45, 7) is 2.43. The number of para-hydroxylation sites is 1. The summed E-state index contributed by atoms with van der Waals surface area (Å²) in [5, 5.41) is 0. The molecule has 18 heavy (non-hydrogen) atoms. The molecule has 1 heterocycles. The molecule has 4 nitrogen and oxygen atoms in total. The number of ether oxygens (including phenoxy) is 1. The van der Waals surface area contributed by atoms with Gasteiger partial charge in [0, 0.05) is 36.0 Å². The van der Waals surface area contributed by atoms with Crippen LogP contribution in [0.5, 0.6) is 5.75 Å². The monoisotopic (exact) mass is 243 g/mol. The van der Waals surface area contributed by atoms with Gasteiger partial charge in [0.15, 0.2) is 0 Å². The second-order valence-corrected chi connectivity index (χ2v) is 4.09. The van der Waals surface area contributed by atoms with E-state index in [9.17, 15) is 0 Å². The van der Waals surface area contributed by atoms with E-state index in [0.717, 1.165) is 28.4 Å². The minimum Gasteiger partial charge on any atom is -0.496 e. The largest absolute Gasteiger partial charge is 0.496 e. The van der Waals surface area contributed by atoms with Gasteiger partial charge in [-0.25, -0.2) is 9.97 Å². The predicted octanol–water partition coefficient (Wildman–Crippen LogP) is 1.84. The van der Waals surface area contributed by atoms with E-state index in [-0.39, 0.29) is 0 Å². The van der Waals surface area contributed by atoms with Gasteiger partial charge in [-0.15, -0.1) is 0 Å². The molecule has 2 N–H and O–H groups in total. The highest BCUT2D eigenvalue weighted by Crippen LogP contribution is 2.19. The first-order chi connectivity index (χ1) is 8.74. The van der Waals surface area contributed by atoms with Crippen LogP contribution >= 0.6 is 0 Å². The number of aromatic nitrogens is 2. The lowest BCUT2D eigenvalue weighted by Gasteiger charge is -2.08. The van der Waals surface area contributed by atoms with E-state index in [2.05, 4.69) is 9.97 Å². The molecule has 0 amide bonds. The summed E-state index contributed by atoms with van der Waals surface area (Å²) in [5.74, 6) is 1.65. The highest BCUT2D eigenvalue weighted by molar-refractivity contribution is 5.35. The quantitative estimate of drug-likeness (QED) is 0.890. The van der Waals surface area contributed by atoms with Gasteiger partial charge in [0.25, 0.3) is 0 Å². The fraction of sp³-hybridized carbons (Fsp3) is 0.286. The Morgan fingerprint density at radius 2 is 2.00 bits per heavy atom. The van der Waals surface area contributed by atoms with E-state index < -0.39 is 0 Å². The van der Waals surface area contributed by atoms with Crippen molar-refractivity contribution in [2.75, 3.05) is 7.11 Å². The number of hydrogen-bond donors (Lipinski definition) is 1. The molecule has 0 saturated heterocycles. The van der Waals surface area contributed by atoms with Gasteiger partial charge >= 0.3 is 0 Å². The Morgan fingerprint density at radius 1 is 1.22 bits per heavy atom. The maximum atomic E-state index is 5.60. The van der Waals surface area contributed by atoms with Gasteiger partial charge in [0.1, 0.15) is 11.6 Å². The summed E-state index contributed by atoms with van der Waals surface area (Å²) in [6, 6.07) is 7.90. The predicted molar refractivity (Wildman–Crippen MR) is 70.5 cm³/mol. The lowest BCUT2D eigenvalue weighted by atomic mass is 10.1. The first kappa shape index (κ1) is 12.5. The van der Waals surface area contributed by atoms with Crippen molar-refractivity contribution in [3.8, 4) is 5.75 Å². The average Bonchev–Trinajstić information content (AvgIpc) is 2.39. The first-order valence-corrected chi connectivity index (χ1v) is 5.88. The van der Waals surface area contributed by atoms with Crippen molar-refractivity contribution in [1.29, 1.82) is 0 Å². The highest BCUT2D eigenvalue weighted by atomic mass is 16.5. The van der Waals surface area contributed by atoms with E-state index in [1.807, 2.05) is 31.2 Å². The van der Waals surface area contributed by atoms with Gasteiger partial charge < -0.3 is 10.5 Å². The van der Waals surface area contributed by atoms with Crippen LogP contribution in [0, 0.1) is 6.92 Å². The van der Waals surface area contributed by atoms with Crippen LogP contribution in [0.3, 0.4) is 0 Å². The van der Waals surface area contributed by atoms with Gasteiger partial charge in [0.05, 0.1) is 7.11 Å². The SMILES string of the molecule is COc1ccccc1Cc1ncc(CN)c(C)n1. The Labute approximate surface area is 107 Å². The molecular weight excluding hydrogens is 226 g/mol. The first-order valence-electron chi connectivity index (χ1n) is 5.88. The zero-order chi connectivity index (χ0) is 13.0. The molecule has 4 heteroatoms. The summed E-state index contributed by atoms with van der Waals surface area (Å²) < 4.78 is 5.32. The number of nitrogens with two attached hydrogens (primary N) is 1. The van der Waals surface area contributed by atoms with E-state index in [1.165, 1.54) is 0 Å². The van der Waals surface area contributed by atoms with Crippen LogP contribution in [-0.2, 0) is 13.0 Å². The minimum absolute atomic E-state index is 0.473. The molecule has 1 aromatic carbocycles. The van der Waals surface area contributed by atoms with Gasteiger partial charge in [-0.2, -0.15) is 0 Å². The van der Waals surface area contributed by atoms with Crippen molar-refractivity contribution >= 4 is 0 Å². The molecule has 0 radical (unpaired) electrons. The van der Waals surface area contributed by atoms with Gasteiger partial charge in [0.2, 0.25) is 0 Å². The standard InChI is InChI=1S/C14H17N3O/c1-10-12(8-15)9-16-14(17-10)7-11-5-3-4-6-13(11)18-2/h3-6,9H,7-8,15H2,1-2H3. The number of hydrogen-bond acceptors (Lipinski definition) is 4. The number of nitrogens with zero attached hydrogens (tertiary/aromatic N) is 2. The fourth-order valence-corrected chi connectivity index (χ4v) is 1.85. The molecule has 0 atom stereocenters. The number of methoxy groups -OCH3 is 1. The molecule has 0 aliphatic rings. The van der Waals surface area contributed by atoms with Crippen molar-refractivity contribution in [2.45, 2.75) is 19.9 Å². The van der Waals surface area contributed by atoms with Crippen molar-refractivity contribution in [3.05, 3.63) is 53.1 Å². The van der Waals surface area contributed by atoms with Crippen LogP contribution in [0.2, 0.25) is 0 Å². The average molecular weight is 243 g/mol. The van der Waals surface area contributed by atoms with Gasteiger partial charge in [-0.3, -0.25) is 0 Å². The normalized spacial score (nSPS) is 10.4. The fourth-order valence-electron chi connectivity index (χ4n) is 1.85. The Bertz CT molecular complexity index is 540. The van der Waals surface area contributed by atoms with Crippen LogP contribution in [0.15, 0.2) is 30.5 Å². The topological polar surface area (TPSA) is 61.0 Å². The second kappa shape index (κ2) is 5.60. The summed E-state index contributed by atoms with van der Waals surface area (Å²) in [6.07, 6.45) is 2.46. The second-order valence-electron chi connectivity index (χ2n) is 4.09. The van der Waals surface area contributed by atoms with Crippen LogP contribution in [-0.4, -0.2) is 17.1 Å². The Kier molecular flexibility index (Phi) is 3.89. The molecule has 2 aromatic rings. The molecule has 0 unspecified atom stereocenters. The number of rotatable bonds is 4. The Balaban J connectivity index is 2.26. The van der Waals surface area contributed by atoms with E-state index in [0.29, 0.717) is 13.0 Å². The lowest BCUT2D eigenvalue weighted by molar-refractivity contribution is 0.410. The molecule has 0 aliphatic carbocycles. The van der Waals surface area contributed by atoms with Crippen LogP contribution in [0.1, 0.15) is 22.6 Å². The minimum atomic E-state index is 0.473. The van der Waals surface area contributed by atoms with Crippen molar-refractivity contribution < 1.29 is 4.74 Å². The molecule has 0 fully saturated rings. The van der Waals surface area contributed by atoms with Gasteiger partial charge in [-0.05, 0) is 13.0 Å². The maximum absolute atomic E-state index is 5.60. The molecule has 1 aromatic heterocycles. The lowest BCUT2D eigenvalue weighted by Crippen LogP contribution is -2.06. The summed E-state index contributed by atoms with van der Waals surface area (Å²) in [4.78, 5) is 8.80. The van der Waals surface area contributed by atoms with E-state index in [1.54, 1.807) is 13.3 Å². The van der Waals surface area contributed by atoms with Crippen molar-refractivity contribution in [1.82, 2.24) is 9.97 Å². The van der Waals surface area contributed by atoms with Crippen molar-refractivity contribution in [2.24, 2.45) is 5.73 Å². The van der Waals surface area contributed by atoms with Gasteiger partial charge in [-0.1, -0.05) is 18.2 Å². The number of benzene rings is 1. The molecule has 2 rings (SSSR count). The summed E-state index contributed by atoms with van der Waals surface area (Å²) in [7, 11) is 1.67. The zero-order valence-electron chi connectivity index (χ0n) is 10.7. The summed E-state index contributed by atoms with van der Waals surface area (Å²) in [5.41, 5.74) is 8.61. The van der Waals surface area contributed by atoms with Crippen molar-refractivity contribution in [3.63, 3.8) is 0 Å². The molecule has 0 aliphatic heterocycles. The third-order valence-electron chi connectivity index (χ3n) is 2.89. The van der Waals surface area contributed by atoms with E-state index in [4.69, 9.17) is 10.5 Å². The van der Waals surface area contributed by atoms with Crippen LogP contribution in [0.4, 0.5) is 0 Å². The Morgan fingerprint density at radius 3 is 2.67 bits per heavy atom. The smallest absolute Gasteiger partial charge is 0.133 e. The highest BCUT2D eigenvalue weighted by Gasteiger charge is 2.06. The molecule has 0 saturated carbocycles. The van der Waals surface area contributed by atoms with Crippen LogP contribution < -0.4 is 10.5 Å². The summed E-state index contributed by atoms with van der Waals surface area (Å²) >= 11 is 0. The molecule has 0 spiro atoms.